The summed E-state index contributed by atoms with van der Waals surface area (Å²) in [6.07, 6.45) is 14.0. The second-order valence-corrected chi connectivity index (χ2v) is 6.00. The SMILES string of the molecule is O=C(O)CN(C1CCCCCCC1)C1CCCC1. The molecule has 3 nitrogen and oxygen atoms in total. The molecule has 0 amide bonds. The highest BCUT2D eigenvalue weighted by Gasteiger charge is 2.30. The van der Waals surface area contributed by atoms with Crippen LogP contribution in [0.3, 0.4) is 0 Å². The van der Waals surface area contributed by atoms with Gasteiger partial charge in [0.1, 0.15) is 0 Å². The summed E-state index contributed by atoms with van der Waals surface area (Å²) in [5, 5.41) is 9.16. The third kappa shape index (κ3) is 3.98. The van der Waals surface area contributed by atoms with Crippen LogP contribution in [0.2, 0.25) is 0 Å². The normalized spacial score (nSPS) is 24.1. The average Bonchev–Trinajstić information content (AvgIpc) is 2.79. The summed E-state index contributed by atoms with van der Waals surface area (Å²) in [5.41, 5.74) is 0. The van der Waals surface area contributed by atoms with Gasteiger partial charge in [0.15, 0.2) is 0 Å². The Balaban J connectivity index is 1.97. The zero-order valence-electron chi connectivity index (χ0n) is 11.4. The van der Waals surface area contributed by atoms with E-state index in [-0.39, 0.29) is 6.54 Å². The Labute approximate surface area is 111 Å². The maximum atomic E-state index is 11.1. The van der Waals surface area contributed by atoms with Gasteiger partial charge in [0, 0.05) is 12.1 Å². The lowest BCUT2D eigenvalue weighted by atomic mass is 9.94. The monoisotopic (exact) mass is 253 g/mol. The molecule has 0 bridgehead atoms. The Morgan fingerprint density at radius 3 is 1.67 bits per heavy atom. The molecule has 0 heterocycles. The van der Waals surface area contributed by atoms with E-state index in [1.165, 1.54) is 70.6 Å². The van der Waals surface area contributed by atoms with Gasteiger partial charge in [-0.2, -0.15) is 0 Å². The molecule has 0 radical (unpaired) electrons. The van der Waals surface area contributed by atoms with Crippen molar-refractivity contribution in [3.05, 3.63) is 0 Å². The van der Waals surface area contributed by atoms with Gasteiger partial charge in [-0.25, -0.2) is 0 Å². The van der Waals surface area contributed by atoms with Crippen LogP contribution in [0.5, 0.6) is 0 Å². The van der Waals surface area contributed by atoms with Gasteiger partial charge in [0.25, 0.3) is 0 Å². The van der Waals surface area contributed by atoms with Crippen molar-refractivity contribution in [3.63, 3.8) is 0 Å². The summed E-state index contributed by atoms with van der Waals surface area (Å²) < 4.78 is 0. The molecule has 0 unspecified atom stereocenters. The third-order valence-corrected chi connectivity index (χ3v) is 4.66. The molecular formula is C15H27NO2. The number of hydrogen-bond donors (Lipinski definition) is 1. The summed E-state index contributed by atoms with van der Waals surface area (Å²) in [6.45, 7) is 0.259. The molecule has 2 aliphatic carbocycles. The number of rotatable bonds is 4. The first-order valence-electron chi connectivity index (χ1n) is 7.75. The van der Waals surface area contributed by atoms with Crippen LogP contribution in [-0.2, 0) is 4.79 Å². The molecule has 2 aliphatic rings. The van der Waals surface area contributed by atoms with E-state index in [1.54, 1.807) is 0 Å². The molecular weight excluding hydrogens is 226 g/mol. The smallest absolute Gasteiger partial charge is 0.317 e. The van der Waals surface area contributed by atoms with Crippen LogP contribution in [0.1, 0.15) is 70.6 Å². The standard InChI is InChI=1S/C15H27NO2/c17-15(18)12-16(14-10-6-7-11-14)13-8-4-2-1-3-5-9-13/h13-14H,1-12H2,(H,17,18). The van der Waals surface area contributed by atoms with Gasteiger partial charge in [-0.15, -0.1) is 0 Å². The third-order valence-electron chi connectivity index (χ3n) is 4.66. The summed E-state index contributed by atoms with van der Waals surface area (Å²) in [5.74, 6) is -0.649. The van der Waals surface area contributed by atoms with Gasteiger partial charge in [-0.3, -0.25) is 9.69 Å². The van der Waals surface area contributed by atoms with E-state index in [9.17, 15) is 4.79 Å². The fourth-order valence-electron chi connectivity index (χ4n) is 3.71. The van der Waals surface area contributed by atoms with E-state index in [4.69, 9.17) is 5.11 Å². The van der Waals surface area contributed by atoms with Crippen LogP contribution < -0.4 is 0 Å². The average molecular weight is 253 g/mol. The maximum Gasteiger partial charge on any atom is 0.317 e. The van der Waals surface area contributed by atoms with Crippen molar-refractivity contribution in [2.24, 2.45) is 0 Å². The number of carbonyl (C=O) groups is 1. The van der Waals surface area contributed by atoms with Crippen LogP contribution in [-0.4, -0.2) is 34.6 Å². The molecule has 18 heavy (non-hydrogen) atoms. The number of aliphatic carboxylic acids is 1. The molecule has 2 rings (SSSR count). The Hall–Kier alpha value is -0.570. The minimum Gasteiger partial charge on any atom is -0.480 e. The molecule has 2 saturated carbocycles. The van der Waals surface area contributed by atoms with Crippen LogP contribution in [0.15, 0.2) is 0 Å². The van der Waals surface area contributed by atoms with E-state index in [1.807, 2.05) is 0 Å². The van der Waals surface area contributed by atoms with E-state index in [0.717, 1.165) is 0 Å². The summed E-state index contributed by atoms with van der Waals surface area (Å²) >= 11 is 0. The van der Waals surface area contributed by atoms with Gasteiger partial charge in [-0.05, 0) is 25.7 Å². The first-order valence-corrected chi connectivity index (χ1v) is 7.75. The van der Waals surface area contributed by atoms with Crippen LogP contribution in [0.25, 0.3) is 0 Å². The lowest BCUT2D eigenvalue weighted by Crippen LogP contribution is -2.45. The second kappa shape index (κ2) is 7.13. The van der Waals surface area contributed by atoms with Crippen molar-refractivity contribution in [2.75, 3.05) is 6.54 Å². The Kier molecular flexibility index (Phi) is 5.48. The summed E-state index contributed by atoms with van der Waals surface area (Å²) in [6, 6.07) is 1.08. The number of nitrogens with zero attached hydrogens (tertiary/aromatic N) is 1. The Morgan fingerprint density at radius 2 is 1.22 bits per heavy atom. The molecule has 2 fully saturated rings. The predicted molar refractivity (Wildman–Crippen MR) is 72.7 cm³/mol. The van der Waals surface area contributed by atoms with E-state index < -0.39 is 5.97 Å². The molecule has 104 valence electrons. The van der Waals surface area contributed by atoms with E-state index >= 15 is 0 Å². The lowest BCUT2D eigenvalue weighted by Gasteiger charge is -2.36. The highest BCUT2D eigenvalue weighted by atomic mass is 16.4. The molecule has 0 aromatic rings. The molecule has 0 spiro atoms. The molecule has 0 saturated heterocycles. The fraction of sp³-hybridized carbons (Fsp3) is 0.933. The van der Waals surface area contributed by atoms with Crippen LogP contribution in [0, 0.1) is 0 Å². The quantitative estimate of drug-likeness (QED) is 0.834. The van der Waals surface area contributed by atoms with Gasteiger partial charge >= 0.3 is 5.97 Å². The highest BCUT2D eigenvalue weighted by Crippen LogP contribution is 2.29. The van der Waals surface area contributed by atoms with Crippen molar-refractivity contribution >= 4 is 5.97 Å². The predicted octanol–water partition coefficient (Wildman–Crippen LogP) is 3.43. The van der Waals surface area contributed by atoms with Gasteiger partial charge in [-0.1, -0.05) is 44.9 Å². The molecule has 0 aromatic carbocycles. The van der Waals surface area contributed by atoms with Crippen molar-refractivity contribution < 1.29 is 9.90 Å². The minimum atomic E-state index is -0.649. The number of hydrogen-bond acceptors (Lipinski definition) is 2. The van der Waals surface area contributed by atoms with E-state index in [0.29, 0.717) is 12.1 Å². The zero-order valence-corrected chi connectivity index (χ0v) is 11.4. The zero-order chi connectivity index (χ0) is 12.8. The topological polar surface area (TPSA) is 40.5 Å². The van der Waals surface area contributed by atoms with Crippen molar-refractivity contribution in [1.29, 1.82) is 0 Å². The number of carboxylic acids is 1. The minimum absolute atomic E-state index is 0.259. The van der Waals surface area contributed by atoms with Crippen molar-refractivity contribution in [1.82, 2.24) is 4.90 Å². The van der Waals surface area contributed by atoms with Gasteiger partial charge in [0.2, 0.25) is 0 Å². The fourth-order valence-corrected chi connectivity index (χ4v) is 3.71. The first kappa shape index (κ1) is 13.9. The highest BCUT2D eigenvalue weighted by molar-refractivity contribution is 5.69. The molecule has 0 atom stereocenters. The second-order valence-electron chi connectivity index (χ2n) is 6.00. The van der Waals surface area contributed by atoms with Crippen molar-refractivity contribution in [3.8, 4) is 0 Å². The summed E-state index contributed by atoms with van der Waals surface area (Å²) in [7, 11) is 0. The van der Waals surface area contributed by atoms with Crippen molar-refractivity contribution in [2.45, 2.75) is 82.7 Å². The molecule has 1 N–H and O–H groups in total. The van der Waals surface area contributed by atoms with Gasteiger partial charge < -0.3 is 5.11 Å². The van der Waals surface area contributed by atoms with Crippen LogP contribution in [0.4, 0.5) is 0 Å². The Bertz CT molecular complexity index is 253. The molecule has 3 heteroatoms. The maximum absolute atomic E-state index is 11.1. The Morgan fingerprint density at radius 1 is 0.833 bits per heavy atom. The summed E-state index contributed by atoms with van der Waals surface area (Å²) in [4.78, 5) is 13.5. The first-order chi connectivity index (χ1) is 8.77. The molecule has 0 aliphatic heterocycles. The lowest BCUT2D eigenvalue weighted by molar-refractivity contribution is -0.139. The molecule has 0 aromatic heterocycles. The van der Waals surface area contributed by atoms with Gasteiger partial charge in [0.05, 0.1) is 6.54 Å². The van der Waals surface area contributed by atoms with Crippen LogP contribution >= 0.6 is 0 Å². The largest absolute Gasteiger partial charge is 0.480 e. The number of carboxylic acid groups (broad SMARTS) is 1. The van der Waals surface area contributed by atoms with E-state index in [2.05, 4.69) is 4.90 Å².